The summed E-state index contributed by atoms with van der Waals surface area (Å²) in [4.78, 5) is 1.41. The van der Waals surface area contributed by atoms with Gasteiger partial charge in [0.25, 0.3) is 0 Å². The Bertz CT molecular complexity index is 263. The van der Waals surface area contributed by atoms with E-state index < -0.39 is 0 Å². The van der Waals surface area contributed by atoms with Crippen molar-refractivity contribution in [2.45, 2.75) is 26.2 Å². The summed E-state index contributed by atoms with van der Waals surface area (Å²) in [6, 6.07) is 0. The highest BCUT2D eigenvalue weighted by atomic mass is 32.1. The van der Waals surface area contributed by atoms with Crippen molar-refractivity contribution < 1.29 is 4.74 Å². The summed E-state index contributed by atoms with van der Waals surface area (Å²) in [5, 5.41) is 2.23. The molecule has 0 radical (unpaired) electrons. The van der Waals surface area contributed by atoms with Crippen molar-refractivity contribution in [3.63, 3.8) is 0 Å². The summed E-state index contributed by atoms with van der Waals surface area (Å²) in [5.74, 6) is 1.80. The van der Waals surface area contributed by atoms with E-state index in [9.17, 15) is 0 Å². The third-order valence-electron chi connectivity index (χ3n) is 1.99. The topological polar surface area (TPSA) is 9.23 Å². The lowest BCUT2D eigenvalue weighted by Gasteiger charge is -2.03. The second kappa shape index (κ2) is 2.52. The maximum Gasteiger partial charge on any atom is 0.136 e. The largest absolute Gasteiger partial charge is 0.492 e. The van der Waals surface area contributed by atoms with Gasteiger partial charge in [-0.1, -0.05) is 13.8 Å². The summed E-state index contributed by atoms with van der Waals surface area (Å²) in [7, 11) is 0. The normalized spacial score (nSPS) is 15.2. The van der Waals surface area contributed by atoms with Gasteiger partial charge in [-0.15, -0.1) is 11.3 Å². The Hall–Kier alpha value is -0.500. The van der Waals surface area contributed by atoms with E-state index in [0.29, 0.717) is 5.92 Å². The van der Waals surface area contributed by atoms with Gasteiger partial charge in [0, 0.05) is 16.9 Å². The fourth-order valence-electron chi connectivity index (χ4n) is 1.40. The molecule has 60 valence electrons. The molecule has 2 heteroatoms. The molecule has 0 N–H and O–H groups in total. The maximum atomic E-state index is 5.54. The molecule has 0 saturated heterocycles. The molecule has 0 saturated carbocycles. The Kier molecular flexibility index (Phi) is 1.64. The van der Waals surface area contributed by atoms with Gasteiger partial charge in [-0.2, -0.15) is 0 Å². The van der Waals surface area contributed by atoms with Crippen LogP contribution in [0.5, 0.6) is 5.75 Å². The molecule has 0 bridgehead atoms. The fraction of sp³-hybridized carbons (Fsp3) is 0.556. The van der Waals surface area contributed by atoms with E-state index in [1.807, 2.05) is 11.3 Å². The van der Waals surface area contributed by atoms with Crippen molar-refractivity contribution in [3.8, 4) is 5.75 Å². The van der Waals surface area contributed by atoms with Gasteiger partial charge < -0.3 is 4.74 Å². The van der Waals surface area contributed by atoms with E-state index in [4.69, 9.17) is 4.74 Å². The van der Waals surface area contributed by atoms with Crippen molar-refractivity contribution in [3.05, 3.63) is 15.8 Å². The molecule has 1 aromatic heterocycles. The molecule has 11 heavy (non-hydrogen) atoms. The van der Waals surface area contributed by atoms with Gasteiger partial charge in [0.15, 0.2) is 0 Å². The molecule has 0 spiro atoms. The Morgan fingerprint density at radius 2 is 2.36 bits per heavy atom. The first kappa shape index (κ1) is 7.17. The van der Waals surface area contributed by atoms with Gasteiger partial charge in [-0.3, -0.25) is 0 Å². The number of fused-ring (bicyclic) bond motifs is 1. The molecule has 0 aromatic carbocycles. The van der Waals surface area contributed by atoms with E-state index in [1.165, 1.54) is 16.2 Å². The number of ether oxygens (including phenoxy) is 1. The predicted octanol–water partition coefficient (Wildman–Crippen LogP) is 2.81. The Balaban J connectivity index is 2.42. The molecular weight excluding hydrogens is 156 g/mol. The number of hydrogen-bond acceptors (Lipinski definition) is 2. The molecule has 1 nitrogen and oxygen atoms in total. The lowest BCUT2D eigenvalue weighted by molar-refractivity contribution is 0.353. The van der Waals surface area contributed by atoms with Crippen LogP contribution in [-0.2, 0) is 6.42 Å². The minimum Gasteiger partial charge on any atom is -0.492 e. The molecule has 1 aliphatic rings. The van der Waals surface area contributed by atoms with E-state index >= 15 is 0 Å². The first-order valence-corrected chi connectivity index (χ1v) is 4.90. The highest BCUT2D eigenvalue weighted by Gasteiger charge is 2.19. The minimum absolute atomic E-state index is 0.613. The van der Waals surface area contributed by atoms with Gasteiger partial charge >= 0.3 is 0 Å². The smallest absolute Gasteiger partial charge is 0.136 e. The summed E-state index contributed by atoms with van der Waals surface area (Å²) in [6.45, 7) is 5.32. The molecule has 2 rings (SSSR count). The van der Waals surface area contributed by atoms with Crippen LogP contribution in [-0.4, -0.2) is 6.61 Å². The highest BCUT2D eigenvalue weighted by Crippen LogP contribution is 2.39. The molecule has 0 amide bonds. The Labute approximate surface area is 71.0 Å². The molecular formula is C9H12OS. The molecule has 2 heterocycles. The van der Waals surface area contributed by atoms with Gasteiger partial charge in [0.1, 0.15) is 5.75 Å². The van der Waals surface area contributed by atoms with Crippen LogP contribution >= 0.6 is 11.3 Å². The van der Waals surface area contributed by atoms with E-state index in [2.05, 4.69) is 19.2 Å². The first-order valence-electron chi connectivity index (χ1n) is 4.02. The first-order chi connectivity index (χ1) is 5.29. The maximum absolute atomic E-state index is 5.54. The number of hydrogen-bond donors (Lipinski definition) is 0. The SMILES string of the molecule is CC(C)c1scc2c1OCC2. The lowest BCUT2D eigenvalue weighted by Crippen LogP contribution is -1.90. The number of rotatable bonds is 1. The zero-order valence-electron chi connectivity index (χ0n) is 6.89. The quantitative estimate of drug-likeness (QED) is 0.626. The van der Waals surface area contributed by atoms with Crippen LogP contribution in [0.2, 0.25) is 0 Å². The molecule has 1 aliphatic heterocycles. The highest BCUT2D eigenvalue weighted by molar-refractivity contribution is 7.10. The van der Waals surface area contributed by atoms with Gasteiger partial charge in [0.05, 0.1) is 6.61 Å². The van der Waals surface area contributed by atoms with Crippen LogP contribution in [0.25, 0.3) is 0 Å². The van der Waals surface area contributed by atoms with Gasteiger partial charge in [-0.25, -0.2) is 0 Å². The number of thiophene rings is 1. The van der Waals surface area contributed by atoms with Crippen molar-refractivity contribution >= 4 is 11.3 Å². The van der Waals surface area contributed by atoms with Crippen LogP contribution in [0, 0.1) is 0 Å². The predicted molar refractivity (Wildman–Crippen MR) is 47.6 cm³/mol. The monoisotopic (exact) mass is 168 g/mol. The second-order valence-corrected chi connectivity index (χ2v) is 4.12. The molecule has 1 aromatic rings. The Morgan fingerprint density at radius 3 is 3.09 bits per heavy atom. The Morgan fingerprint density at radius 1 is 1.55 bits per heavy atom. The third kappa shape index (κ3) is 1.06. The van der Waals surface area contributed by atoms with Crippen LogP contribution in [0.3, 0.4) is 0 Å². The standard InChI is InChI=1S/C9H12OS/c1-6(2)9-8-7(5-11-9)3-4-10-8/h5-6H,3-4H2,1-2H3. The molecule has 0 atom stereocenters. The lowest BCUT2D eigenvalue weighted by atomic mass is 10.1. The second-order valence-electron chi connectivity index (χ2n) is 3.21. The zero-order valence-corrected chi connectivity index (χ0v) is 7.70. The van der Waals surface area contributed by atoms with Crippen LogP contribution in [0.1, 0.15) is 30.2 Å². The summed E-state index contributed by atoms with van der Waals surface area (Å²) < 4.78 is 5.54. The van der Waals surface area contributed by atoms with Crippen LogP contribution in [0.15, 0.2) is 5.38 Å². The van der Waals surface area contributed by atoms with Crippen molar-refractivity contribution in [1.29, 1.82) is 0 Å². The van der Waals surface area contributed by atoms with Crippen molar-refractivity contribution in [2.24, 2.45) is 0 Å². The van der Waals surface area contributed by atoms with Crippen molar-refractivity contribution in [1.82, 2.24) is 0 Å². The average Bonchev–Trinajstić information content (AvgIpc) is 2.41. The zero-order chi connectivity index (χ0) is 7.84. The minimum atomic E-state index is 0.613. The van der Waals surface area contributed by atoms with E-state index in [0.717, 1.165) is 13.0 Å². The van der Waals surface area contributed by atoms with E-state index in [-0.39, 0.29) is 0 Å². The van der Waals surface area contributed by atoms with Crippen molar-refractivity contribution in [2.75, 3.05) is 6.61 Å². The summed E-state index contributed by atoms with van der Waals surface area (Å²) in [5.41, 5.74) is 1.42. The summed E-state index contributed by atoms with van der Waals surface area (Å²) in [6.07, 6.45) is 1.11. The van der Waals surface area contributed by atoms with Crippen LogP contribution in [0.4, 0.5) is 0 Å². The van der Waals surface area contributed by atoms with E-state index in [1.54, 1.807) is 0 Å². The average molecular weight is 168 g/mol. The molecule has 0 unspecified atom stereocenters. The molecule has 0 aliphatic carbocycles. The third-order valence-corrected chi connectivity index (χ3v) is 3.30. The van der Waals surface area contributed by atoms with Gasteiger partial charge in [-0.05, 0) is 11.3 Å². The van der Waals surface area contributed by atoms with Gasteiger partial charge in [0.2, 0.25) is 0 Å². The summed E-state index contributed by atoms with van der Waals surface area (Å²) >= 11 is 1.84. The molecule has 0 fully saturated rings. The van der Waals surface area contributed by atoms with Crippen LogP contribution < -0.4 is 4.74 Å². The fourth-order valence-corrected chi connectivity index (χ4v) is 2.46.